The number of cyclic esters (lactones) is 1. The smallest absolute Gasteiger partial charge is 0.414 e. The standard InChI is InChI=1S/C19H23N3O4/c23-17(14-3-2-8-21(12-14)18(24)13-6-7-13)20-15-4-1-5-16(11-15)22-9-10-26-19(22)25/h1,4-5,11,13-14H,2-3,6-10,12H2,(H,20,23). The molecule has 1 aromatic rings. The Morgan fingerprint density at radius 1 is 1.12 bits per heavy atom. The van der Waals surface area contributed by atoms with Gasteiger partial charge in [0, 0.05) is 30.4 Å². The van der Waals surface area contributed by atoms with E-state index in [1.54, 1.807) is 23.1 Å². The van der Waals surface area contributed by atoms with E-state index >= 15 is 0 Å². The summed E-state index contributed by atoms with van der Waals surface area (Å²) in [6.07, 6.45) is 3.25. The lowest BCUT2D eigenvalue weighted by Gasteiger charge is -2.32. The minimum absolute atomic E-state index is 0.0700. The first kappa shape index (κ1) is 16.9. The van der Waals surface area contributed by atoms with E-state index in [1.165, 1.54) is 0 Å². The van der Waals surface area contributed by atoms with Crippen molar-refractivity contribution < 1.29 is 19.1 Å². The van der Waals surface area contributed by atoms with Gasteiger partial charge in [0.05, 0.1) is 12.5 Å². The molecular formula is C19H23N3O4. The Morgan fingerprint density at radius 3 is 2.69 bits per heavy atom. The molecule has 0 aromatic heterocycles. The van der Waals surface area contributed by atoms with Gasteiger partial charge in [-0.2, -0.15) is 0 Å². The zero-order chi connectivity index (χ0) is 18.1. The summed E-state index contributed by atoms with van der Waals surface area (Å²) < 4.78 is 4.96. The third-order valence-corrected chi connectivity index (χ3v) is 5.22. The molecule has 2 aliphatic heterocycles. The molecule has 1 N–H and O–H groups in total. The third-order valence-electron chi connectivity index (χ3n) is 5.22. The highest BCUT2D eigenvalue weighted by Gasteiger charge is 2.36. The summed E-state index contributed by atoms with van der Waals surface area (Å²) in [7, 11) is 0. The summed E-state index contributed by atoms with van der Waals surface area (Å²) in [4.78, 5) is 40.0. The molecule has 7 nitrogen and oxygen atoms in total. The fourth-order valence-electron chi connectivity index (χ4n) is 3.60. The Hall–Kier alpha value is -2.57. The van der Waals surface area contributed by atoms with Crippen molar-refractivity contribution >= 4 is 29.3 Å². The van der Waals surface area contributed by atoms with Crippen LogP contribution in [0.1, 0.15) is 25.7 Å². The predicted molar refractivity (Wildman–Crippen MR) is 95.8 cm³/mol. The highest BCUT2D eigenvalue weighted by molar-refractivity contribution is 5.95. The second-order valence-electron chi connectivity index (χ2n) is 7.20. The number of amides is 3. The molecule has 26 heavy (non-hydrogen) atoms. The molecule has 2 heterocycles. The van der Waals surface area contributed by atoms with Crippen LogP contribution in [0.25, 0.3) is 0 Å². The van der Waals surface area contributed by atoms with Crippen LogP contribution in [0.15, 0.2) is 24.3 Å². The number of ether oxygens (including phenoxy) is 1. The van der Waals surface area contributed by atoms with Crippen LogP contribution in [0.3, 0.4) is 0 Å². The number of carbonyl (C=O) groups is 3. The Balaban J connectivity index is 1.39. The van der Waals surface area contributed by atoms with Crippen molar-refractivity contribution in [3.05, 3.63) is 24.3 Å². The molecule has 7 heteroatoms. The highest BCUT2D eigenvalue weighted by atomic mass is 16.6. The van der Waals surface area contributed by atoms with E-state index in [2.05, 4.69) is 5.32 Å². The first-order valence-electron chi connectivity index (χ1n) is 9.26. The van der Waals surface area contributed by atoms with Gasteiger partial charge in [0.15, 0.2) is 0 Å². The maximum atomic E-state index is 12.7. The van der Waals surface area contributed by atoms with Gasteiger partial charge in [-0.3, -0.25) is 14.5 Å². The summed E-state index contributed by atoms with van der Waals surface area (Å²) in [6, 6.07) is 7.21. The summed E-state index contributed by atoms with van der Waals surface area (Å²) in [5.74, 6) is 0.136. The lowest BCUT2D eigenvalue weighted by Crippen LogP contribution is -2.44. The molecule has 1 unspecified atom stereocenters. The van der Waals surface area contributed by atoms with Crippen molar-refractivity contribution in [2.45, 2.75) is 25.7 Å². The van der Waals surface area contributed by atoms with E-state index in [1.807, 2.05) is 11.0 Å². The second-order valence-corrected chi connectivity index (χ2v) is 7.20. The van der Waals surface area contributed by atoms with Crippen molar-refractivity contribution in [2.24, 2.45) is 11.8 Å². The molecular weight excluding hydrogens is 334 g/mol. The molecule has 0 spiro atoms. The number of anilines is 2. The quantitative estimate of drug-likeness (QED) is 0.896. The van der Waals surface area contributed by atoms with Gasteiger partial charge in [0.2, 0.25) is 11.8 Å². The van der Waals surface area contributed by atoms with Crippen LogP contribution < -0.4 is 10.2 Å². The maximum absolute atomic E-state index is 12.7. The first-order chi connectivity index (χ1) is 12.6. The van der Waals surface area contributed by atoms with Crippen LogP contribution in [-0.2, 0) is 14.3 Å². The summed E-state index contributed by atoms with van der Waals surface area (Å²) in [5, 5.41) is 2.94. The maximum Gasteiger partial charge on any atom is 0.414 e. The molecule has 3 aliphatic rings. The van der Waals surface area contributed by atoms with Gasteiger partial charge in [-0.05, 0) is 43.9 Å². The van der Waals surface area contributed by atoms with Crippen molar-refractivity contribution in [1.29, 1.82) is 0 Å². The molecule has 1 aliphatic carbocycles. The molecule has 138 valence electrons. The van der Waals surface area contributed by atoms with Crippen molar-refractivity contribution in [2.75, 3.05) is 36.5 Å². The van der Waals surface area contributed by atoms with Crippen molar-refractivity contribution in [3.8, 4) is 0 Å². The van der Waals surface area contributed by atoms with E-state index in [0.29, 0.717) is 31.1 Å². The summed E-state index contributed by atoms with van der Waals surface area (Å²) in [5.41, 5.74) is 1.36. The number of benzene rings is 1. The molecule has 4 rings (SSSR count). The molecule has 3 fully saturated rings. The van der Waals surface area contributed by atoms with Gasteiger partial charge in [0.25, 0.3) is 0 Å². The zero-order valence-corrected chi connectivity index (χ0v) is 14.6. The molecule has 3 amide bonds. The molecule has 1 atom stereocenters. The van der Waals surface area contributed by atoms with Gasteiger partial charge in [-0.25, -0.2) is 4.79 Å². The first-order valence-corrected chi connectivity index (χ1v) is 9.26. The SMILES string of the molecule is O=C(Nc1cccc(N2CCOC2=O)c1)C1CCCN(C(=O)C2CC2)C1. The number of piperidine rings is 1. The minimum atomic E-state index is -0.366. The number of carbonyl (C=O) groups excluding carboxylic acids is 3. The van der Waals surface area contributed by atoms with Crippen LogP contribution >= 0.6 is 0 Å². The molecule has 1 saturated carbocycles. The second kappa shape index (κ2) is 6.97. The predicted octanol–water partition coefficient (Wildman–Crippen LogP) is 2.23. The van der Waals surface area contributed by atoms with E-state index in [-0.39, 0.29) is 29.7 Å². The van der Waals surface area contributed by atoms with E-state index in [4.69, 9.17) is 4.74 Å². The third kappa shape index (κ3) is 3.52. The fraction of sp³-hybridized carbons (Fsp3) is 0.526. The van der Waals surface area contributed by atoms with Gasteiger partial charge in [0.1, 0.15) is 6.61 Å². The molecule has 2 saturated heterocycles. The van der Waals surface area contributed by atoms with E-state index in [0.717, 1.165) is 32.2 Å². The Morgan fingerprint density at radius 2 is 1.96 bits per heavy atom. The highest BCUT2D eigenvalue weighted by Crippen LogP contribution is 2.32. The lowest BCUT2D eigenvalue weighted by molar-refractivity contribution is -0.135. The molecule has 0 bridgehead atoms. The van der Waals surface area contributed by atoms with Crippen LogP contribution in [-0.4, -0.2) is 49.0 Å². The average molecular weight is 357 g/mol. The molecule has 1 aromatic carbocycles. The Labute approximate surface area is 152 Å². The monoisotopic (exact) mass is 357 g/mol. The largest absolute Gasteiger partial charge is 0.447 e. The topological polar surface area (TPSA) is 79.0 Å². The number of hydrogen-bond acceptors (Lipinski definition) is 4. The van der Waals surface area contributed by atoms with Crippen LogP contribution in [0, 0.1) is 11.8 Å². The number of likely N-dealkylation sites (tertiary alicyclic amines) is 1. The van der Waals surface area contributed by atoms with Gasteiger partial charge in [-0.15, -0.1) is 0 Å². The summed E-state index contributed by atoms with van der Waals surface area (Å²) in [6.45, 7) is 2.14. The number of nitrogens with one attached hydrogen (secondary N) is 1. The van der Waals surface area contributed by atoms with Crippen molar-refractivity contribution in [3.63, 3.8) is 0 Å². The summed E-state index contributed by atoms with van der Waals surface area (Å²) >= 11 is 0. The van der Waals surface area contributed by atoms with Crippen LogP contribution in [0.4, 0.5) is 16.2 Å². The average Bonchev–Trinajstić information content (AvgIpc) is 3.42. The zero-order valence-electron chi connectivity index (χ0n) is 14.6. The van der Waals surface area contributed by atoms with Crippen LogP contribution in [0.5, 0.6) is 0 Å². The Kier molecular flexibility index (Phi) is 4.53. The van der Waals surface area contributed by atoms with Gasteiger partial charge in [-0.1, -0.05) is 6.07 Å². The van der Waals surface area contributed by atoms with Crippen molar-refractivity contribution in [1.82, 2.24) is 4.90 Å². The minimum Gasteiger partial charge on any atom is -0.447 e. The fourth-order valence-corrected chi connectivity index (χ4v) is 3.60. The van der Waals surface area contributed by atoms with E-state index < -0.39 is 0 Å². The lowest BCUT2D eigenvalue weighted by atomic mass is 9.96. The number of hydrogen-bond donors (Lipinski definition) is 1. The Bertz CT molecular complexity index is 731. The van der Waals surface area contributed by atoms with E-state index in [9.17, 15) is 14.4 Å². The van der Waals surface area contributed by atoms with Gasteiger partial charge >= 0.3 is 6.09 Å². The number of nitrogens with zero attached hydrogens (tertiary/aromatic N) is 2. The van der Waals surface area contributed by atoms with Crippen LogP contribution in [0.2, 0.25) is 0 Å². The van der Waals surface area contributed by atoms with Gasteiger partial charge < -0.3 is 15.0 Å². The normalized spacial score (nSPS) is 22.9. The molecule has 0 radical (unpaired) electrons. The number of rotatable bonds is 4.